The first-order valence-corrected chi connectivity index (χ1v) is 7.63. The van der Waals surface area contributed by atoms with Gasteiger partial charge in [-0.25, -0.2) is 0 Å². The predicted molar refractivity (Wildman–Crippen MR) is 81.4 cm³/mol. The number of hydrogen-bond acceptors (Lipinski definition) is 6. The second-order valence-corrected chi connectivity index (χ2v) is 6.18. The molecule has 21 heavy (non-hydrogen) atoms. The number of anilines is 1. The lowest BCUT2D eigenvalue weighted by Crippen LogP contribution is -2.35. The van der Waals surface area contributed by atoms with Gasteiger partial charge in [0.15, 0.2) is 0 Å². The topological polar surface area (TPSA) is 87.1 Å². The van der Waals surface area contributed by atoms with Crippen LogP contribution in [0.3, 0.4) is 0 Å². The van der Waals surface area contributed by atoms with Crippen LogP contribution in [0.1, 0.15) is 6.42 Å². The van der Waals surface area contributed by atoms with Crippen molar-refractivity contribution < 1.29 is 9.90 Å². The van der Waals surface area contributed by atoms with Gasteiger partial charge >= 0.3 is 0 Å². The number of nitrogens with one attached hydrogen (secondary N) is 2. The maximum atomic E-state index is 12.0. The predicted octanol–water partition coefficient (Wildman–Crippen LogP) is 1.52. The fraction of sp³-hybridized carbons (Fsp3) is 0.308. The van der Waals surface area contributed by atoms with E-state index in [1.165, 1.54) is 11.3 Å². The van der Waals surface area contributed by atoms with Gasteiger partial charge < -0.3 is 10.4 Å². The molecular weight excluding hydrogens is 312 g/mol. The third kappa shape index (κ3) is 3.38. The summed E-state index contributed by atoms with van der Waals surface area (Å²) in [5.74, 6) is -0.208. The fourth-order valence-corrected chi connectivity index (χ4v) is 3.05. The molecule has 1 saturated heterocycles. The number of aliphatic hydroxyl groups excluding tert-OH is 1. The second kappa shape index (κ2) is 6.07. The minimum absolute atomic E-state index is 0.208. The summed E-state index contributed by atoms with van der Waals surface area (Å²) in [4.78, 5) is 12.0. The Kier molecular flexibility index (Phi) is 4.16. The van der Waals surface area contributed by atoms with Crippen LogP contribution in [0.15, 0.2) is 24.3 Å². The third-order valence-electron chi connectivity index (χ3n) is 3.15. The maximum absolute atomic E-state index is 12.0. The molecule has 1 amide bonds. The van der Waals surface area contributed by atoms with E-state index in [1.54, 1.807) is 12.1 Å². The first kappa shape index (κ1) is 14.4. The average Bonchev–Trinajstić information content (AvgIpc) is 3.08. The summed E-state index contributed by atoms with van der Waals surface area (Å²) in [6, 6.07) is 6.90. The van der Waals surface area contributed by atoms with E-state index in [0.29, 0.717) is 28.1 Å². The molecule has 2 unspecified atom stereocenters. The van der Waals surface area contributed by atoms with E-state index in [0.717, 1.165) is 5.56 Å². The highest BCUT2D eigenvalue weighted by atomic mass is 35.5. The normalized spacial score (nSPS) is 21.4. The number of benzene rings is 1. The summed E-state index contributed by atoms with van der Waals surface area (Å²) in [6.07, 6.45) is -0.0663. The Balaban J connectivity index is 1.69. The van der Waals surface area contributed by atoms with Crippen molar-refractivity contribution in [2.45, 2.75) is 18.6 Å². The fourth-order valence-electron chi connectivity index (χ4n) is 2.12. The van der Waals surface area contributed by atoms with Crippen LogP contribution in [0.2, 0.25) is 5.02 Å². The number of aromatic nitrogens is 2. The molecule has 1 aliphatic heterocycles. The zero-order valence-corrected chi connectivity index (χ0v) is 12.5. The van der Waals surface area contributed by atoms with Gasteiger partial charge in [-0.15, -0.1) is 10.2 Å². The number of carbonyl (C=O) groups excluding carboxylic acids is 1. The van der Waals surface area contributed by atoms with Gasteiger partial charge in [0.1, 0.15) is 5.01 Å². The Morgan fingerprint density at radius 3 is 3.05 bits per heavy atom. The molecule has 8 heteroatoms. The van der Waals surface area contributed by atoms with Crippen molar-refractivity contribution in [3.05, 3.63) is 29.3 Å². The Hall–Kier alpha value is -1.54. The van der Waals surface area contributed by atoms with Gasteiger partial charge in [0.25, 0.3) is 0 Å². The largest absolute Gasteiger partial charge is 0.392 e. The van der Waals surface area contributed by atoms with Crippen molar-refractivity contribution in [3.63, 3.8) is 0 Å². The standard InChI is InChI=1S/C13H13ClN4O2S/c14-8-3-1-2-7(4-8)12-17-18-13(21-12)16-11(20)10-5-9(19)6-15-10/h1-4,9-10,15,19H,5-6H2,(H,16,18,20). The molecule has 110 valence electrons. The van der Waals surface area contributed by atoms with E-state index in [1.807, 2.05) is 12.1 Å². The molecule has 0 saturated carbocycles. The zero-order valence-electron chi connectivity index (χ0n) is 10.9. The molecule has 0 aliphatic carbocycles. The monoisotopic (exact) mass is 324 g/mol. The zero-order chi connectivity index (χ0) is 14.8. The summed E-state index contributed by atoms with van der Waals surface area (Å²) >= 11 is 7.22. The number of β-amino-alcohol motifs (C(OH)–C–C–N with tert-alkyl or cyclic N) is 1. The molecule has 1 aromatic heterocycles. The molecule has 2 heterocycles. The summed E-state index contributed by atoms with van der Waals surface area (Å²) < 4.78 is 0. The quantitative estimate of drug-likeness (QED) is 0.797. The Labute approximate surface area is 130 Å². The van der Waals surface area contributed by atoms with E-state index in [9.17, 15) is 9.90 Å². The summed E-state index contributed by atoms with van der Waals surface area (Å²) in [5.41, 5.74) is 0.856. The maximum Gasteiger partial charge on any atom is 0.243 e. The molecule has 0 spiro atoms. The van der Waals surface area contributed by atoms with Crippen LogP contribution in [0.4, 0.5) is 5.13 Å². The molecule has 6 nitrogen and oxygen atoms in total. The van der Waals surface area contributed by atoms with E-state index >= 15 is 0 Å². The molecule has 1 fully saturated rings. The molecular formula is C13H13ClN4O2S. The number of nitrogens with zero attached hydrogens (tertiary/aromatic N) is 2. The molecule has 2 aromatic rings. The SMILES string of the molecule is O=C(Nc1nnc(-c2cccc(Cl)c2)s1)C1CC(O)CN1. The third-order valence-corrected chi connectivity index (χ3v) is 4.27. The van der Waals surface area contributed by atoms with Crippen LogP contribution < -0.4 is 10.6 Å². The van der Waals surface area contributed by atoms with Gasteiger partial charge in [0.05, 0.1) is 12.1 Å². The summed E-state index contributed by atoms with van der Waals surface area (Å²) in [5, 5.41) is 24.8. The minimum atomic E-state index is -0.475. The highest BCUT2D eigenvalue weighted by molar-refractivity contribution is 7.18. The number of halogens is 1. The Morgan fingerprint density at radius 1 is 1.48 bits per heavy atom. The number of hydrogen-bond donors (Lipinski definition) is 3. The van der Waals surface area contributed by atoms with Crippen molar-refractivity contribution in [2.24, 2.45) is 0 Å². The van der Waals surface area contributed by atoms with Crippen molar-refractivity contribution in [1.82, 2.24) is 15.5 Å². The van der Waals surface area contributed by atoms with Crippen LogP contribution >= 0.6 is 22.9 Å². The van der Waals surface area contributed by atoms with E-state index in [2.05, 4.69) is 20.8 Å². The highest BCUT2D eigenvalue weighted by Crippen LogP contribution is 2.28. The molecule has 0 bridgehead atoms. The number of aliphatic hydroxyl groups is 1. The van der Waals surface area contributed by atoms with Gasteiger partial charge in [0.2, 0.25) is 11.0 Å². The molecule has 2 atom stereocenters. The molecule has 1 aromatic carbocycles. The van der Waals surface area contributed by atoms with Crippen molar-refractivity contribution >= 4 is 34.0 Å². The highest BCUT2D eigenvalue weighted by Gasteiger charge is 2.28. The lowest BCUT2D eigenvalue weighted by Gasteiger charge is -2.07. The Bertz CT molecular complexity index is 663. The van der Waals surface area contributed by atoms with Crippen molar-refractivity contribution in [1.29, 1.82) is 0 Å². The number of rotatable bonds is 3. The van der Waals surface area contributed by atoms with Crippen molar-refractivity contribution in [3.8, 4) is 10.6 Å². The van der Waals surface area contributed by atoms with E-state index in [4.69, 9.17) is 11.6 Å². The summed E-state index contributed by atoms with van der Waals surface area (Å²) in [6.45, 7) is 0.433. The summed E-state index contributed by atoms with van der Waals surface area (Å²) in [7, 11) is 0. The van der Waals surface area contributed by atoms with E-state index < -0.39 is 12.1 Å². The van der Waals surface area contributed by atoms with Gasteiger partial charge in [-0.3, -0.25) is 10.1 Å². The lowest BCUT2D eigenvalue weighted by atomic mass is 10.2. The number of amides is 1. The minimum Gasteiger partial charge on any atom is -0.392 e. The first-order valence-electron chi connectivity index (χ1n) is 6.43. The van der Waals surface area contributed by atoms with Crippen LogP contribution in [-0.4, -0.2) is 39.9 Å². The van der Waals surface area contributed by atoms with Crippen molar-refractivity contribution in [2.75, 3.05) is 11.9 Å². The van der Waals surface area contributed by atoms with Crippen LogP contribution in [0, 0.1) is 0 Å². The van der Waals surface area contributed by atoms with Gasteiger partial charge in [-0.05, 0) is 18.6 Å². The molecule has 1 aliphatic rings. The lowest BCUT2D eigenvalue weighted by molar-refractivity contribution is -0.117. The Morgan fingerprint density at radius 2 is 2.33 bits per heavy atom. The molecule has 0 radical (unpaired) electrons. The smallest absolute Gasteiger partial charge is 0.243 e. The second-order valence-electron chi connectivity index (χ2n) is 4.76. The van der Waals surface area contributed by atoms with Gasteiger partial charge in [0, 0.05) is 17.1 Å². The van der Waals surface area contributed by atoms with Crippen LogP contribution in [0.5, 0.6) is 0 Å². The van der Waals surface area contributed by atoms with Gasteiger partial charge in [-0.2, -0.15) is 0 Å². The van der Waals surface area contributed by atoms with Crippen LogP contribution in [0.25, 0.3) is 10.6 Å². The first-order chi connectivity index (χ1) is 10.1. The molecule has 3 N–H and O–H groups in total. The van der Waals surface area contributed by atoms with E-state index in [-0.39, 0.29) is 5.91 Å². The number of carbonyl (C=O) groups is 1. The molecule has 3 rings (SSSR count). The van der Waals surface area contributed by atoms with Crippen LogP contribution in [-0.2, 0) is 4.79 Å². The van der Waals surface area contributed by atoms with Gasteiger partial charge in [-0.1, -0.05) is 35.1 Å². The average molecular weight is 325 g/mol.